The van der Waals surface area contributed by atoms with Gasteiger partial charge in [-0.05, 0) is 27.1 Å². The zero-order chi connectivity index (χ0) is 16.8. The lowest BCUT2D eigenvalue weighted by Crippen LogP contribution is -2.23. The van der Waals surface area contributed by atoms with E-state index in [1.54, 1.807) is 0 Å². The normalized spacial score (nSPS) is 10.5. The SMILES string of the molecule is O=c1cc(OCCc2ccccc2)c(Br)nn1Cc1ccccc1. The van der Waals surface area contributed by atoms with Gasteiger partial charge in [-0.15, -0.1) is 0 Å². The molecular weight excluding hydrogens is 368 g/mol. The molecule has 0 aliphatic heterocycles. The number of benzene rings is 2. The van der Waals surface area contributed by atoms with E-state index in [9.17, 15) is 4.79 Å². The molecule has 3 aromatic rings. The third kappa shape index (κ3) is 4.32. The van der Waals surface area contributed by atoms with Crippen LogP contribution in [0.25, 0.3) is 0 Å². The van der Waals surface area contributed by atoms with E-state index in [-0.39, 0.29) is 5.56 Å². The van der Waals surface area contributed by atoms with Gasteiger partial charge >= 0.3 is 0 Å². The van der Waals surface area contributed by atoms with Crippen LogP contribution in [0.1, 0.15) is 11.1 Å². The standard InChI is InChI=1S/C19H17BrN2O2/c20-19-17(24-12-11-15-7-3-1-4-8-15)13-18(23)22(21-19)14-16-9-5-2-6-10-16/h1-10,13H,11-12,14H2. The molecule has 0 saturated heterocycles. The van der Waals surface area contributed by atoms with Crippen LogP contribution in [0, 0.1) is 0 Å². The minimum Gasteiger partial charge on any atom is -0.490 e. The van der Waals surface area contributed by atoms with Gasteiger partial charge in [-0.3, -0.25) is 4.79 Å². The summed E-state index contributed by atoms with van der Waals surface area (Å²) in [6, 6.07) is 21.3. The van der Waals surface area contributed by atoms with Crippen LogP contribution in [0.3, 0.4) is 0 Å². The third-order valence-electron chi connectivity index (χ3n) is 3.59. The van der Waals surface area contributed by atoms with Crippen molar-refractivity contribution < 1.29 is 4.74 Å². The highest BCUT2D eigenvalue weighted by Crippen LogP contribution is 2.20. The molecule has 0 saturated carbocycles. The van der Waals surface area contributed by atoms with Crippen LogP contribution in [0.2, 0.25) is 0 Å². The van der Waals surface area contributed by atoms with E-state index in [0.29, 0.717) is 23.5 Å². The molecule has 0 atom stereocenters. The number of hydrogen-bond acceptors (Lipinski definition) is 3. The van der Waals surface area contributed by atoms with Crippen molar-refractivity contribution in [2.45, 2.75) is 13.0 Å². The average Bonchev–Trinajstić information content (AvgIpc) is 2.61. The molecule has 0 unspecified atom stereocenters. The molecule has 24 heavy (non-hydrogen) atoms. The Balaban J connectivity index is 1.67. The molecule has 2 aromatic carbocycles. The number of ether oxygens (including phenoxy) is 1. The smallest absolute Gasteiger partial charge is 0.270 e. The third-order valence-corrected chi connectivity index (χ3v) is 4.14. The molecule has 1 heterocycles. The Morgan fingerprint density at radius 3 is 2.25 bits per heavy atom. The fourth-order valence-electron chi connectivity index (χ4n) is 2.35. The molecule has 0 N–H and O–H groups in total. The van der Waals surface area contributed by atoms with Crippen LogP contribution >= 0.6 is 15.9 Å². The predicted molar refractivity (Wildman–Crippen MR) is 97.4 cm³/mol. The number of nitrogens with zero attached hydrogens (tertiary/aromatic N) is 2. The zero-order valence-electron chi connectivity index (χ0n) is 13.1. The number of rotatable bonds is 6. The molecule has 0 radical (unpaired) electrons. The lowest BCUT2D eigenvalue weighted by atomic mass is 10.2. The summed E-state index contributed by atoms with van der Waals surface area (Å²) in [7, 11) is 0. The molecule has 0 amide bonds. The van der Waals surface area contributed by atoms with E-state index >= 15 is 0 Å². The minimum absolute atomic E-state index is 0.184. The second-order valence-electron chi connectivity index (χ2n) is 5.36. The first-order valence-electron chi connectivity index (χ1n) is 7.71. The van der Waals surface area contributed by atoms with Gasteiger partial charge in [0.2, 0.25) is 0 Å². The van der Waals surface area contributed by atoms with Crippen molar-refractivity contribution in [2.75, 3.05) is 6.61 Å². The quantitative estimate of drug-likeness (QED) is 0.650. The maximum Gasteiger partial charge on any atom is 0.270 e. The molecule has 5 heteroatoms. The molecule has 0 spiro atoms. The molecule has 0 bridgehead atoms. The van der Waals surface area contributed by atoms with Gasteiger partial charge < -0.3 is 4.74 Å². The topological polar surface area (TPSA) is 44.1 Å². The van der Waals surface area contributed by atoms with Crippen molar-refractivity contribution >= 4 is 15.9 Å². The molecule has 1 aromatic heterocycles. The van der Waals surface area contributed by atoms with E-state index < -0.39 is 0 Å². The number of aromatic nitrogens is 2. The molecular formula is C19H17BrN2O2. The maximum absolute atomic E-state index is 12.2. The summed E-state index contributed by atoms with van der Waals surface area (Å²) < 4.78 is 7.66. The average molecular weight is 385 g/mol. The second-order valence-corrected chi connectivity index (χ2v) is 6.12. The summed E-state index contributed by atoms with van der Waals surface area (Å²) in [4.78, 5) is 12.2. The van der Waals surface area contributed by atoms with Crippen LogP contribution in [0.4, 0.5) is 0 Å². The van der Waals surface area contributed by atoms with Crippen molar-refractivity contribution in [2.24, 2.45) is 0 Å². The van der Waals surface area contributed by atoms with E-state index in [1.807, 2.05) is 48.5 Å². The van der Waals surface area contributed by atoms with Crippen molar-refractivity contribution in [3.05, 3.63) is 92.8 Å². The molecule has 0 aliphatic carbocycles. The first-order valence-corrected chi connectivity index (χ1v) is 8.50. The van der Waals surface area contributed by atoms with Crippen LogP contribution in [0.5, 0.6) is 5.75 Å². The summed E-state index contributed by atoms with van der Waals surface area (Å²) in [6.07, 6.45) is 0.778. The van der Waals surface area contributed by atoms with Crippen LogP contribution in [0.15, 0.2) is 76.1 Å². The Morgan fingerprint density at radius 2 is 1.58 bits per heavy atom. The fraction of sp³-hybridized carbons (Fsp3) is 0.158. The van der Waals surface area contributed by atoms with E-state index in [2.05, 4.69) is 33.2 Å². The van der Waals surface area contributed by atoms with Gasteiger partial charge in [0, 0.05) is 6.42 Å². The Kier molecular flexibility index (Phi) is 5.43. The number of hydrogen-bond donors (Lipinski definition) is 0. The van der Waals surface area contributed by atoms with Gasteiger partial charge in [0.15, 0.2) is 10.4 Å². The fourth-order valence-corrected chi connectivity index (χ4v) is 2.77. The monoisotopic (exact) mass is 384 g/mol. The summed E-state index contributed by atoms with van der Waals surface area (Å²) in [6.45, 7) is 0.926. The van der Waals surface area contributed by atoms with Crippen molar-refractivity contribution in [1.29, 1.82) is 0 Å². The molecule has 4 nitrogen and oxygen atoms in total. The van der Waals surface area contributed by atoms with Gasteiger partial charge in [-0.2, -0.15) is 5.10 Å². The summed E-state index contributed by atoms with van der Waals surface area (Å²) in [5, 5.41) is 4.29. The van der Waals surface area contributed by atoms with Gasteiger partial charge in [0.05, 0.1) is 19.2 Å². The van der Waals surface area contributed by atoms with Gasteiger partial charge in [0.1, 0.15) is 0 Å². The number of halogens is 1. The van der Waals surface area contributed by atoms with E-state index in [1.165, 1.54) is 16.3 Å². The Bertz CT molecular complexity index is 848. The highest BCUT2D eigenvalue weighted by Gasteiger charge is 2.08. The molecule has 0 fully saturated rings. The van der Waals surface area contributed by atoms with Crippen molar-refractivity contribution in [1.82, 2.24) is 9.78 Å². The summed E-state index contributed by atoms with van der Waals surface area (Å²) in [5.74, 6) is 0.472. The Hall–Kier alpha value is -2.40. The maximum atomic E-state index is 12.2. The zero-order valence-corrected chi connectivity index (χ0v) is 14.6. The molecule has 122 valence electrons. The van der Waals surface area contributed by atoms with Crippen molar-refractivity contribution in [3.63, 3.8) is 0 Å². The Morgan fingerprint density at radius 1 is 0.958 bits per heavy atom. The van der Waals surface area contributed by atoms with E-state index in [4.69, 9.17) is 4.74 Å². The van der Waals surface area contributed by atoms with Crippen LogP contribution in [-0.4, -0.2) is 16.4 Å². The van der Waals surface area contributed by atoms with Crippen LogP contribution < -0.4 is 10.3 Å². The van der Waals surface area contributed by atoms with Gasteiger partial charge in [-0.25, -0.2) is 4.68 Å². The largest absolute Gasteiger partial charge is 0.490 e. The van der Waals surface area contributed by atoms with Crippen molar-refractivity contribution in [3.8, 4) is 5.75 Å². The van der Waals surface area contributed by atoms with Gasteiger partial charge in [0.25, 0.3) is 5.56 Å². The lowest BCUT2D eigenvalue weighted by Gasteiger charge is -2.10. The first-order chi connectivity index (χ1) is 11.7. The Labute approximate surface area is 148 Å². The highest BCUT2D eigenvalue weighted by atomic mass is 79.9. The molecule has 3 rings (SSSR count). The second kappa shape index (κ2) is 7.93. The highest BCUT2D eigenvalue weighted by molar-refractivity contribution is 9.10. The predicted octanol–water partition coefficient (Wildman–Crippen LogP) is 3.68. The van der Waals surface area contributed by atoms with Gasteiger partial charge in [-0.1, -0.05) is 60.7 Å². The van der Waals surface area contributed by atoms with Crippen LogP contribution in [-0.2, 0) is 13.0 Å². The lowest BCUT2D eigenvalue weighted by molar-refractivity contribution is 0.315. The first kappa shape index (κ1) is 16.5. The molecule has 0 aliphatic rings. The van der Waals surface area contributed by atoms with E-state index in [0.717, 1.165) is 12.0 Å². The summed E-state index contributed by atoms with van der Waals surface area (Å²) in [5.41, 5.74) is 2.03. The minimum atomic E-state index is -0.184. The summed E-state index contributed by atoms with van der Waals surface area (Å²) >= 11 is 3.39.